The van der Waals surface area contributed by atoms with Crippen molar-refractivity contribution in [2.75, 3.05) is 0 Å². The van der Waals surface area contributed by atoms with Crippen molar-refractivity contribution in [3.8, 4) is 55.6 Å². The lowest BCUT2D eigenvalue weighted by molar-refractivity contribution is 0.661. The van der Waals surface area contributed by atoms with Crippen LogP contribution in [0.5, 0.6) is 0 Å². The zero-order valence-electron chi connectivity index (χ0n) is 31.0. The molecule has 0 N–H and O–H groups in total. The summed E-state index contributed by atoms with van der Waals surface area (Å²) in [6, 6.07) is 72.2. The van der Waals surface area contributed by atoms with E-state index in [1.165, 1.54) is 110 Å². The Morgan fingerprint density at radius 1 is 0.273 bits per heavy atom. The molecule has 0 nitrogen and oxygen atoms in total. The molecule has 0 heteroatoms. The van der Waals surface area contributed by atoms with E-state index in [4.69, 9.17) is 0 Å². The van der Waals surface area contributed by atoms with Crippen LogP contribution in [0.25, 0.3) is 98.7 Å². The normalized spacial score (nSPS) is 13.1. The maximum absolute atomic E-state index is 2.44. The summed E-state index contributed by atoms with van der Waals surface area (Å²) in [5.41, 5.74) is 15.5. The Labute approximate surface area is 322 Å². The van der Waals surface area contributed by atoms with E-state index >= 15 is 0 Å². The van der Waals surface area contributed by atoms with Gasteiger partial charge in [0.1, 0.15) is 0 Å². The highest BCUT2D eigenvalue weighted by atomic mass is 14.4. The summed E-state index contributed by atoms with van der Waals surface area (Å²) >= 11 is 0. The zero-order chi connectivity index (χ0) is 36.7. The molecular formula is C55H38. The minimum absolute atomic E-state index is 0.0525. The van der Waals surface area contributed by atoms with Crippen LogP contribution in [0.1, 0.15) is 25.0 Å². The highest BCUT2D eigenvalue weighted by molar-refractivity contribution is 6.21. The Morgan fingerprint density at radius 3 is 1.38 bits per heavy atom. The fourth-order valence-electron chi connectivity index (χ4n) is 9.63. The summed E-state index contributed by atoms with van der Waals surface area (Å²) in [6.07, 6.45) is 0. The van der Waals surface area contributed by atoms with Gasteiger partial charge in [0, 0.05) is 5.41 Å². The van der Waals surface area contributed by atoms with Crippen LogP contribution in [0.2, 0.25) is 0 Å². The molecular weight excluding hydrogens is 661 g/mol. The second-order valence-corrected chi connectivity index (χ2v) is 15.6. The van der Waals surface area contributed by atoms with Gasteiger partial charge in [-0.15, -0.1) is 0 Å². The maximum atomic E-state index is 2.44. The zero-order valence-corrected chi connectivity index (χ0v) is 31.0. The monoisotopic (exact) mass is 698 g/mol. The van der Waals surface area contributed by atoms with Gasteiger partial charge in [-0.1, -0.05) is 190 Å². The molecule has 10 aromatic rings. The van der Waals surface area contributed by atoms with Gasteiger partial charge >= 0.3 is 0 Å². The van der Waals surface area contributed by atoms with Crippen molar-refractivity contribution >= 4 is 43.1 Å². The smallest absolute Gasteiger partial charge is 0.0159 e. The molecule has 0 saturated carbocycles. The average molecular weight is 699 g/mol. The topological polar surface area (TPSA) is 0 Å². The van der Waals surface area contributed by atoms with Crippen LogP contribution < -0.4 is 0 Å². The van der Waals surface area contributed by atoms with Crippen molar-refractivity contribution in [1.29, 1.82) is 0 Å². The van der Waals surface area contributed by atoms with Gasteiger partial charge in [0.25, 0.3) is 0 Å². The summed E-state index contributed by atoms with van der Waals surface area (Å²) in [7, 11) is 0. The number of rotatable bonds is 4. The Kier molecular flexibility index (Phi) is 7.00. The van der Waals surface area contributed by atoms with Gasteiger partial charge in [0.05, 0.1) is 0 Å². The Bertz CT molecular complexity index is 3110. The molecule has 0 unspecified atom stereocenters. The summed E-state index contributed by atoms with van der Waals surface area (Å²) in [5, 5.41) is 10.2. The maximum Gasteiger partial charge on any atom is 0.0159 e. The lowest BCUT2D eigenvalue weighted by atomic mass is 9.81. The number of hydrogen-bond donors (Lipinski definition) is 0. The molecule has 0 fully saturated rings. The van der Waals surface area contributed by atoms with Crippen LogP contribution in [0.15, 0.2) is 194 Å². The Morgan fingerprint density at radius 2 is 0.727 bits per heavy atom. The predicted octanol–water partition coefficient (Wildman–Crippen LogP) is 15.3. The molecule has 10 aromatic carbocycles. The van der Waals surface area contributed by atoms with Crippen LogP contribution in [0.4, 0.5) is 0 Å². The fraction of sp³-hybridized carbons (Fsp3) is 0.0545. The van der Waals surface area contributed by atoms with E-state index in [-0.39, 0.29) is 5.41 Å². The van der Waals surface area contributed by atoms with Gasteiger partial charge < -0.3 is 0 Å². The summed E-state index contributed by atoms with van der Waals surface area (Å²) in [6.45, 7) is 4.74. The molecule has 0 spiro atoms. The molecule has 1 aliphatic carbocycles. The molecule has 0 saturated heterocycles. The molecule has 258 valence electrons. The van der Waals surface area contributed by atoms with Crippen LogP contribution in [0.3, 0.4) is 0 Å². The lowest BCUT2D eigenvalue weighted by Gasteiger charge is -2.21. The first-order valence-corrected chi connectivity index (χ1v) is 19.3. The molecule has 0 amide bonds. The third-order valence-corrected chi connectivity index (χ3v) is 12.2. The van der Waals surface area contributed by atoms with Crippen molar-refractivity contribution < 1.29 is 0 Å². The Hall–Kier alpha value is -6.76. The quantitative estimate of drug-likeness (QED) is 0.161. The molecule has 0 heterocycles. The van der Waals surface area contributed by atoms with E-state index < -0.39 is 0 Å². The molecule has 0 bridgehead atoms. The third-order valence-electron chi connectivity index (χ3n) is 12.2. The van der Waals surface area contributed by atoms with Crippen molar-refractivity contribution in [1.82, 2.24) is 0 Å². The second-order valence-electron chi connectivity index (χ2n) is 15.6. The minimum atomic E-state index is -0.0525. The SMILES string of the molecule is CC1(C)c2ccc(-c3cccc(-c4c5ccccc5c(-c5cccc(-c6cccc7ccccc67)c5)c5ccccc45)c3)cc2-c2c1ccc1ccccc21. The van der Waals surface area contributed by atoms with Gasteiger partial charge in [-0.05, 0) is 128 Å². The van der Waals surface area contributed by atoms with Crippen molar-refractivity contribution in [2.24, 2.45) is 0 Å². The fourth-order valence-corrected chi connectivity index (χ4v) is 9.63. The van der Waals surface area contributed by atoms with E-state index in [0.29, 0.717) is 0 Å². The molecule has 0 aliphatic heterocycles. The highest BCUT2D eigenvalue weighted by Gasteiger charge is 2.36. The molecule has 55 heavy (non-hydrogen) atoms. The largest absolute Gasteiger partial charge is 0.0616 e. The standard InChI is InChI=1S/C55H38/c1-55(2)50-30-29-38(34-49(50)54-44-22-6-4-15-36(44)28-31-51(54)55)37-17-11-19-40(32-37)52-45-23-7-9-25-47(45)53(48-26-10-8-24-46(48)52)41-20-12-18-39(33-41)43-27-13-16-35-14-3-5-21-42(35)43/h3-34H,1-2H3. The molecule has 1 aliphatic rings. The van der Waals surface area contributed by atoms with Gasteiger partial charge in [-0.2, -0.15) is 0 Å². The van der Waals surface area contributed by atoms with E-state index in [1.54, 1.807) is 0 Å². The second kappa shape index (κ2) is 12.1. The summed E-state index contributed by atoms with van der Waals surface area (Å²) < 4.78 is 0. The number of fused-ring (bicyclic) bond motifs is 8. The first-order valence-electron chi connectivity index (χ1n) is 19.3. The lowest BCUT2D eigenvalue weighted by Crippen LogP contribution is -2.14. The van der Waals surface area contributed by atoms with Crippen LogP contribution in [-0.4, -0.2) is 0 Å². The van der Waals surface area contributed by atoms with E-state index in [2.05, 4.69) is 208 Å². The summed E-state index contributed by atoms with van der Waals surface area (Å²) in [4.78, 5) is 0. The highest BCUT2D eigenvalue weighted by Crippen LogP contribution is 2.52. The van der Waals surface area contributed by atoms with Gasteiger partial charge in [-0.25, -0.2) is 0 Å². The average Bonchev–Trinajstić information content (AvgIpc) is 3.48. The summed E-state index contributed by atoms with van der Waals surface area (Å²) in [5.74, 6) is 0. The molecule has 11 rings (SSSR count). The van der Waals surface area contributed by atoms with Gasteiger partial charge in [0.15, 0.2) is 0 Å². The van der Waals surface area contributed by atoms with E-state index in [0.717, 1.165) is 0 Å². The third kappa shape index (κ3) is 4.85. The molecule has 0 radical (unpaired) electrons. The van der Waals surface area contributed by atoms with E-state index in [1.807, 2.05) is 0 Å². The van der Waals surface area contributed by atoms with Gasteiger partial charge in [0.2, 0.25) is 0 Å². The van der Waals surface area contributed by atoms with Crippen LogP contribution >= 0.6 is 0 Å². The van der Waals surface area contributed by atoms with Crippen molar-refractivity contribution in [3.05, 3.63) is 205 Å². The Balaban J connectivity index is 1.09. The van der Waals surface area contributed by atoms with E-state index in [9.17, 15) is 0 Å². The number of benzene rings is 10. The van der Waals surface area contributed by atoms with Crippen LogP contribution in [-0.2, 0) is 5.41 Å². The van der Waals surface area contributed by atoms with Gasteiger partial charge in [-0.3, -0.25) is 0 Å². The molecule has 0 atom stereocenters. The number of hydrogen-bond acceptors (Lipinski definition) is 0. The first kappa shape index (κ1) is 31.7. The molecule has 0 aromatic heterocycles. The van der Waals surface area contributed by atoms with Crippen LogP contribution in [0, 0.1) is 0 Å². The van der Waals surface area contributed by atoms with Crippen molar-refractivity contribution in [3.63, 3.8) is 0 Å². The predicted molar refractivity (Wildman–Crippen MR) is 236 cm³/mol. The first-order chi connectivity index (χ1) is 27.0. The minimum Gasteiger partial charge on any atom is -0.0616 e. The van der Waals surface area contributed by atoms with Crippen molar-refractivity contribution in [2.45, 2.75) is 19.3 Å².